The van der Waals surface area contributed by atoms with Crippen LogP contribution < -0.4 is 10.2 Å². The molecule has 10 heteroatoms. The fourth-order valence-electron chi connectivity index (χ4n) is 4.13. The number of nitrogens with zero attached hydrogens (tertiary/aromatic N) is 6. The second-order valence-corrected chi connectivity index (χ2v) is 10.4. The highest BCUT2D eigenvalue weighted by molar-refractivity contribution is 5.85. The van der Waals surface area contributed by atoms with E-state index in [4.69, 9.17) is 14.7 Å². The van der Waals surface area contributed by atoms with Gasteiger partial charge >= 0.3 is 5.97 Å². The lowest BCUT2D eigenvalue weighted by molar-refractivity contribution is -0.141. The van der Waals surface area contributed by atoms with Gasteiger partial charge < -0.3 is 24.4 Å². The fourth-order valence-corrected chi connectivity index (χ4v) is 4.13. The Labute approximate surface area is 211 Å². The van der Waals surface area contributed by atoms with E-state index in [1.165, 1.54) is 12.7 Å². The maximum absolute atomic E-state index is 12.7. The Morgan fingerprint density at radius 3 is 2.39 bits per heavy atom. The number of aromatic nitrogens is 4. The number of piperazine rings is 1. The van der Waals surface area contributed by atoms with E-state index in [0.717, 1.165) is 5.56 Å². The zero-order valence-electron chi connectivity index (χ0n) is 21.7. The van der Waals surface area contributed by atoms with Gasteiger partial charge in [-0.25, -0.2) is 4.98 Å². The molecule has 1 aliphatic heterocycles. The molecule has 0 saturated carbocycles. The number of carbonyl (C=O) groups is 2. The molecule has 1 fully saturated rings. The molecule has 10 nitrogen and oxygen atoms in total. The van der Waals surface area contributed by atoms with E-state index in [1.807, 2.05) is 4.90 Å². The van der Waals surface area contributed by atoms with Gasteiger partial charge in [-0.1, -0.05) is 50.6 Å². The molecule has 0 unspecified atom stereocenters. The first kappa shape index (κ1) is 25.4. The summed E-state index contributed by atoms with van der Waals surface area (Å²) < 4.78 is 6.51. The number of benzene rings is 1. The molecule has 0 atom stereocenters. The van der Waals surface area contributed by atoms with Crippen molar-refractivity contribution in [1.29, 1.82) is 0 Å². The number of aryl methyl sites for hydroxylation is 1. The van der Waals surface area contributed by atoms with Gasteiger partial charge in [-0.2, -0.15) is 9.97 Å². The van der Waals surface area contributed by atoms with Gasteiger partial charge in [0.15, 0.2) is 17.0 Å². The third kappa shape index (κ3) is 6.10. The van der Waals surface area contributed by atoms with Crippen LogP contribution in [0.25, 0.3) is 11.2 Å². The third-order valence-electron chi connectivity index (χ3n) is 6.16. The first-order chi connectivity index (χ1) is 17.1. The molecular weight excluding hydrogens is 458 g/mol. The number of fused-ring (bicyclic) bond motifs is 1. The number of nitrogens with one attached hydrogen (secondary N) is 1. The van der Waals surface area contributed by atoms with Crippen molar-refractivity contribution in [2.24, 2.45) is 5.41 Å². The normalized spacial score (nSPS) is 14.2. The number of hydrogen-bond acceptors (Lipinski definition) is 8. The summed E-state index contributed by atoms with van der Waals surface area (Å²) in [4.78, 5) is 42.7. The van der Waals surface area contributed by atoms with Crippen LogP contribution >= 0.6 is 0 Å². The van der Waals surface area contributed by atoms with E-state index in [0.29, 0.717) is 62.1 Å². The van der Waals surface area contributed by atoms with Gasteiger partial charge in [0.05, 0.1) is 13.4 Å². The quantitative estimate of drug-likeness (QED) is 0.501. The third-order valence-corrected chi connectivity index (χ3v) is 6.16. The largest absolute Gasteiger partial charge is 0.468 e. The van der Waals surface area contributed by atoms with Crippen LogP contribution in [0.4, 0.5) is 11.8 Å². The number of amides is 1. The molecule has 0 radical (unpaired) electrons. The maximum Gasteiger partial charge on any atom is 0.325 e. The van der Waals surface area contributed by atoms with Crippen LogP contribution in [0.5, 0.6) is 0 Å². The molecule has 3 heterocycles. The zero-order valence-corrected chi connectivity index (χ0v) is 21.7. The summed E-state index contributed by atoms with van der Waals surface area (Å²) >= 11 is 0. The van der Waals surface area contributed by atoms with E-state index in [2.05, 4.69) is 67.2 Å². The molecule has 4 rings (SSSR count). The van der Waals surface area contributed by atoms with E-state index in [9.17, 15) is 9.59 Å². The Morgan fingerprint density at radius 1 is 1.06 bits per heavy atom. The van der Waals surface area contributed by atoms with Gasteiger partial charge in [-0.05, 0) is 17.9 Å². The van der Waals surface area contributed by atoms with Crippen molar-refractivity contribution in [2.45, 2.75) is 47.2 Å². The van der Waals surface area contributed by atoms with Crippen LogP contribution in [0.2, 0.25) is 0 Å². The average molecular weight is 494 g/mol. The van der Waals surface area contributed by atoms with E-state index >= 15 is 0 Å². The van der Waals surface area contributed by atoms with Gasteiger partial charge in [-0.3, -0.25) is 9.59 Å². The molecule has 3 aromatic rings. The molecule has 2 aromatic heterocycles. The molecule has 192 valence electrons. The second kappa shape index (κ2) is 10.5. The van der Waals surface area contributed by atoms with Crippen molar-refractivity contribution in [1.82, 2.24) is 24.4 Å². The Morgan fingerprint density at radius 2 is 1.75 bits per heavy atom. The van der Waals surface area contributed by atoms with Crippen molar-refractivity contribution in [3.05, 3.63) is 41.7 Å². The van der Waals surface area contributed by atoms with Gasteiger partial charge in [-0.15, -0.1) is 0 Å². The molecule has 1 N–H and O–H groups in total. The number of methoxy groups -OCH3 is 1. The topological polar surface area (TPSA) is 105 Å². The average Bonchev–Trinajstić information content (AvgIpc) is 3.25. The first-order valence-corrected chi connectivity index (χ1v) is 12.2. The Bertz CT molecular complexity index is 1220. The second-order valence-electron chi connectivity index (χ2n) is 10.4. The Balaban J connectivity index is 1.57. The number of anilines is 2. The van der Waals surface area contributed by atoms with Crippen LogP contribution in [-0.2, 0) is 27.4 Å². The maximum atomic E-state index is 12.7. The first-order valence-electron chi connectivity index (χ1n) is 12.2. The van der Waals surface area contributed by atoms with Gasteiger partial charge in [0.1, 0.15) is 6.54 Å². The van der Waals surface area contributed by atoms with Gasteiger partial charge in [0.2, 0.25) is 11.9 Å². The summed E-state index contributed by atoms with van der Waals surface area (Å²) in [6, 6.07) is 8.30. The summed E-state index contributed by atoms with van der Waals surface area (Å²) in [5.41, 5.74) is 3.43. The van der Waals surface area contributed by atoms with Crippen molar-refractivity contribution in [3.8, 4) is 0 Å². The number of esters is 1. The molecular formula is C26H35N7O3. The van der Waals surface area contributed by atoms with E-state index in [1.54, 1.807) is 10.9 Å². The standard InChI is InChI=1S/C26H35N7O3/c1-18-6-8-19(9-7-18)15-27-23-22-24(33(17-28-22)16-21(35)36-5)30-25(29-23)32-12-10-31(11-13-32)20(34)14-26(2,3)4/h6-9,17H,10-16H2,1-5H3,(H,27,29,30). The smallest absolute Gasteiger partial charge is 0.325 e. The van der Waals surface area contributed by atoms with Gasteiger partial charge in [0, 0.05) is 39.1 Å². The highest BCUT2D eigenvalue weighted by Crippen LogP contribution is 2.25. The van der Waals surface area contributed by atoms with Crippen LogP contribution in [0.15, 0.2) is 30.6 Å². The highest BCUT2D eigenvalue weighted by atomic mass is 16.5. The van der Waals surface area contributed by atoms with Crippen LogP contribution in [0.3, 0.4) is 0 Å². The van der Waals surface area contributed by atoms with E-state index in [-0.39, 0.29) is 23.8 Å². The number of hydrogen-bond donors (Lipinski definition) is 1. The summed E-state index contributed by atoms with van der Waals surface area (Å²) in [7, 11) is 1.36. The fraction of sp³-hybridized carbons (Fsp3) is 0.500. The molecule has 1 aromatic carbocycles. The lowest BCUT2D eigenvalue weighted by Crippen LogP contribution is -2.49. The van der Waals surface area contributed by atoms with Crippen molar-refractivity contribution in [2.75, 3.05) is 43.5 Å². The SMILES string of the molecule is COC(=O)Cn1cnc2c(NCc3ccc(C)cc3)nc(N3CCN(C(=O)CC(C)(C)C)CC3)nc21. The predicted octanol–water partition coefficient (Wildman–Crippen LogP) is 3.00. The lowest BCUT2D eigenvalue weighted by atomic mass is 9.91. The lowest BCUT2D eigenvalue weighted by Gasteiger charge is -2.36. The predicted molar refractivity (Wildman–Crippen MR) is 139 cm³/mol. The summed E-state index contributed by atoms with van der Waals surface area (Å²) in [6.07, 6.45) is 2.11. The zero-order chi connectivity index (χ0) is 25.9. The molecule has 1 amide bonds. The Kier molecular flexibility index (Phi) is 7.42. The molecule has 1 aliphatic rings. The summed E-state index contributed by atoms with van der Waals surface area (Å²) in [5, 5.41) is 3.40. The number of rotatable bonds is 7. The summed E-state index contributed by atoms with van der Waals surface area (Å²) in [5.74, 6) is 0.943. The summed E-state index contributed by atoms with van der Waals surface area (Å²) in [6.45, 7) is 11.4. The minimum atomic E-state index is -0.380. The molecule has 0 spiro atoms. The highest BCUT2D eigenvalue weighted by Gasteiger charge is 2.27. The van der Waals surface area contributed by atoms with Crippen LogP contribution in [0.1, 0.15) is 38.3 Å². The molecule has 1 saturated heterocycles. The number of imidazole rings is 1. The van der Waals surface area contributed by atoms with Crippen LogP contribution in [0, 0.1) is 12.3 Å². The van der Waals surface area contributed by atoms with Crippen molar-refractivity contribution < 1.29 is 14.3 Å². The van der Waals surface area contributed by atoms with Crippen molar-refractivity contribution >= 4 is 34.8 Å². The Hall–Kier alpha value is -3.69. The van der Waals surface area contributed by atoms with Gasteiger partial charge in [0.25, 0.3) is 0 Å². The minimum Gasteiger partial charge on any atom is -0.468 e. The molecule has 0 bridgehead atoms. The van der Waals surface area contributed by atoms with Crippen LogP contribution in [-0.4, -0.2) is 69.6 Å². The molecule has 36 heavy (non-hydrogen) atoms. The molecule has 0 aliphatic carbocycles. The number of ether oxygens (including phenoxy) is 1. The monoisotopic (exact) mass is 493 g/mol. The van der Waals surface area contributed by atoms with Crippen molar-refractivity contribution in [3.63, 3.8) is 0 Å². The minimum absolute atomic E-state index is 0.00986. The van der Waals surface area contributed by atoms with E-state index < -0.39 is 0 Å². The number of carbonyl (C=O) groups excluding carboxylic acids is 2.